The van der Waals surface area contributed by atoms with Crippen LogP contribution in [0.1, 0.15) is 18.4 Å². The van der Waals surface area contributed by atoms with Crippen molar-refractivity contribution in [1.29, 1.82) is 0 Å². The highest BCUT2D eigenvalue weighted by atomic mass is 16.2. The lowest BCUT2D eigenvalue weighted by Gasteiger charge is -2.22. The molecule has 0 saturated carbocycles. The molecule has 0 aromatic heterocycles. The average molecular weight is 257 g/mol. The van der Waals surface area contributed by atoms with E-state index >= 15 is 0 Å². The Morgan fingerprint density at radius 3 is 3.00 bits per heavy atom. The molecule has 1 aromatic rings. The van der Waals surface area contributed by atoms with Gasteiger partial charge >= 0.3 is 0 Å². The number of benzene rings is 1. The molecule has 1 atom stereocenters. The van der Waals surface area contributed by atoms with E-state index in [0.717, 1.165) is 11.3 Å². The summed E-state index contributed by atoms with van der Waals surface area (Å²) in [6, 6.07) is 7.06. The number of piperidine rings is 1. The van der Waals surface area contributed by atoms with Crippen molar-refractivity contribution in [2.45, 2.75) is 18.9 Å². The van der Waals surface area contributed by atoms with Gasteiger partial charge in [0.05, 0.1) is 6.54 Å². The third kappa shape index (κ3) is 3.57. The van der Waals surface area contributed by atoms with Gasteiger partial charge in [-0.3, -0.25) is 14.9 Å². The van der Waals surface area contributed by atoms with E-state index in [1.165, 1.54) is 0 Å². The first-order valence-electron chi connectivity index (χ1n) is 6.08. The highest BCUT2D eigenvalue weighted by molar-refractivity contribution is 6.01. The molecule has 4 N–H and O–H groups in total. The Morgan fingerprint density at radius 2 is 2.26 bits per heavy atom. The molecule has 1 heterocycles. The molecule has 0 aliphatic carbocycles. The van der Waals surface area contributed by atoms with E-state index in [-0.39, 0.29) is 17.9 Å². The molecule has 0 spiro atoms. The standard InChI is InChI=1S/C14H15N3O2/c15-8-2-4-10-3-1-5-11(9-10)16-12-6-7-13(18)17-14(12)19/h1,3,5,9,12,16H,6-8,15H2,(H,17,18,19). The van der Waals surface area contributed by atoms with Gasteiger partial charge in [-0.1, -0.05) is 17.9 Å². The molecule has 5 heteroatoms. The first-order chi connectivity index (χ1) is 9.19. The van der Waals surface area contributed by atoms with Crippen LogP contribution in [0.15, 0.2) is 24.3 Å². The van der Waals surface area contributed by atoms with Gasteiger partial charge in [0.25, 0.3) is 0 Å². The van der Waals surface area contributed by atoms with Gasteiger partial charge in [0.2, 0.25) is 11.8 Å². The molecule has 2 amide bonds. The zero-order valence-corrected chi connectivity index (χ0v) is 10.4. The third-order valence-electron chi connectivity index (χ3n) is 2.78. The number of hydrogen-bond donors (Lipinski definition) is 3. The first kappa shape index (κ1) is 13.1. The summed E-state index contributed by atoms with van der Waals surface area (Å²) in [5, 5.41) is 5.42. The van der Waals surface area contributed by atoms with Crippen molar-refractivity contribution in [2.75, 3.05) is 11.9 Å². The summed E-state index contributed by atoms with van der Waals surface area (Å²) >= 11 is 0. The van der Waals surface area contributed by atoms with Crippen molar-refractivity contribution in [3.8, 4) is 11.8 Å². The molecule has 19 heavy (non-hydrogen) atoms. The number of rotatable bonds is 2. The van der Waals surface area contributed by atoms with Crippen LogP contribution in [0.3, 0.4) is 0 Å². The van der Waals surface area contributed by atoms with Crippen LogP contribution in [0, 0.1) is 11.8 Å². The molecule has 1 fully saturated rings. The molecular weight excluding hydrogens is 242 g/mol. The number of nitrogens with two attached hydrogens (primary N) is 1. The minimum Gasteiger partial charge on any atom is -0.374 e. The Balaban J connectivity index is 2.06. The molecule has 1 aliphatic heterocycles. The topological polar surface area (TPSA) is 84.2 Å². The summed E-state index contributed by atoms with van der Waals surface area (Å²) in [6.07, 6.45) is 0.861. The second-order valence-electron chi connectivity index (χ2n) is 4.23. The van der Waals surface area contributed by atoms with Crippen LogP contribution in [-0.4, -0.2) is 24.4 Å². The van der Waals surface area contributed by atoms with Crippen molar-refractivity contribution in [1.82, 2.24) is 5.32 Å². The fourth-order valence-corrected chi connectivity index (χ4v) is 1.87. The summed E-state index contributed by atoms with van der Waals surface area (Å²) in [5.74, 6) is 5.21. The van der Waals surface area contributed by atoms with Crippen LogP contribution in [0.4, 0.5) is 5.69 Å². The quantitative estimate of drug-likeness (QED) is 0.522. The average Bonchev–Trinajstić information content (AvgIpc) is 2.40. The van der Waals surface area contributed by atoms with E-state index in [1.54, 1.807) is 0 Å². The molecular formula is C14H15N3O2. The fourth-order valence-electron chi connectivity index (χ4n) is 1.87. The van der Waals surface area contributed by atoms with Gasteiger partial charge < -0.3 is 11.1 Å². The maximum atomic E-state index is 11.6. The smallest absolute Gasteiger partial charge is 0.249 e. The van der Waals surface area contributed by atoms with Gasteiger partial charge in [0.1, 0.15) is 6.04 Å². The number of hydrogen-bond acceptors (Lipinski definition) is 4. The van der Waals surface area contributed by atoms with E-state index in [4.69, 9.17) is 5.73 Å². The molecule has 1 saturated heterocycles. The third-order valence-corrected chi connectivity index (χ3v) is 2.78. The van der Waals surface area contributed by atoms with Crippen LogP contribution in [0.5, 0.6) is 0 Å². The number of carbonyl (C=O) groups is 2. The lowest BCUT2D eigenvalue weighted by atomic mass is 10.1. The van der Waals surface area contributed by atoms with Crippen LogP contribution < -0.4 is 16.4 Å². The molecule has 98 valence electrons. The van der Waals surface area contributed by atoms with Crippen LogP contribution in [0.25, 0.3) is 0 Å². The van der Waals surface area contributed by atoms with Crippen LogP contribution >= 0.6 is 0 Å². The maximum Gasteiger partial charge on any atom is 0.249 e. The highest BCUT2D eigenvalue weighted by Crippen LogP contribution is 2.15. The van der Waals surface area contributed by atoms with Crippen LogP contribution in [-0.2, 0) is 9.59 Å². The summed E-state index contributed by atoms with van der Waals surface area (Å²) in [4.78, 5) is 22.7. The predicted octanol–water partition coefficient (Wildman–Crippen LogP) is 0.214. The van der Waals surface area contributed by atoms with Gasteiger partial charge in [0, 0.05) is 17.7 Å². The first-order valence-corrected chi connectivity index (χ1v) is 6.08. The highest BCUT2D eigenvalue weighted by Gasteiger charge is 2.26. The van der Waals surface area contributed by atoms with E-state index in [2.05, 4.69) is 22.5 Å². The number of nitrogens with one attached hydrogen (secondary N) is 2. The number of anilines is 1. The van der Waals surface area contributed by atoms with Gasteiger partial charge in [0.15, 0.2) is 0 Å². The lowest BCUT2D eigenvalue weighted by Crippen LogP contribution is -2.47. The van der Waals surface area contributed by atoms with E-state index in [0.29, 0.717) is 19.4 Å². The normalized spacial score (nSPS) is 18.3. The molecule has 5 nitrogen and oxygen atoms in total. The van der Waals surface area contributed by atoms with Gasteiger partial charge in [-0.25, -0.2) is 0 Å². The summed E-state index contributed by atoms with van der Waals surface area (Å²) in [5.41, 5.74) is 6.96. The zero-order chi connectivity index (χ0) is 13.7. The van der Waals surface area contributed by atoms with Gasteiger partial charge in [-0.2, -0.15) is 0 Å². The summed E-state index contributed by atoms with van der Waals surface area (Å²) in [6.45, 7) is 0.310. The predicted molar refractivity (Wildman–Crippen MR) is 72.2 cm³/mol. The fraction of sp³-hybridized carbons (Fsp3) is 0.286. The number of amides is 2. The van der Waals surface area contributed by atoms with Gasteiger partial charge in [-0.05, 0) is 24.6 Å². The van der Waals surface area contributed by atoms with Gasteiger partial charge in [-0.15, -0.1) is 0 Å². The lowest BCUT2D eigenvalue weighted by molar-refractivity contribution is -0.133. The molecule has 2 rings (SSSR count). The minimum atomic E-state index is -0.379. The van der Waals surface area contributed by atoms with Crippen molar-refractivity contribution >= 4 is 17.5 Å². The second kappa shape index (κ2) is 6.03. The second-order valence-corrected chi connectivity index (χ2v) is 4.23. The summed E-state index contributed by atoms with van der Waals surface area (Å²) < 4.78 is 0. The maximum absolute atomic E-state index is 11.6. The summed E-state index contributed by atoms with van der Waals surface area (Å²) in [7, 11) is 0. The Kier molecular flexibility index (Phi) is 4.16. The molecule has 0 bridgehead atoms. The molecule has 1 unspecified atom stereocenters. The van der Waals surface area contributed by atoms with Crippen molar-refractivity contribution in [3.05, 3.63) is 29.8 Å². The van der Waals surface area contributed by atoms with Crippen molar-refractivity contribution in [2.24, 2.45) is 5.73 Å². The largest absolute Gasteiger partial charge is 0.374 e. The van der Waals surface area contributed by atoms with E-state index in [1.807, 2.05) is 24.3 Å². The van der Waals surface area contributed by atoms with Crippen LogP contribution in [0.2, 0.25) is 0 Å². The van der Waals surface area contributed by atoms with E-state index < -0.39 is 0 Å². The Bertz CT molecular complexity index is 557. The zero-order valence-electron chi connectivity index (χ0n) is 10.4. The number of carbonyl (C=O) groups excluding carboxylic acids is 2. The van der Waals surface area contributed by atoms with E-state index in [9.17, 15) is 9.59 Å². The molecule has 1 aromatic carbocycles. The van der Waals surface area contributed by atoms with Crippen molar-refractivity contribution < 1.29 is 9.59 Å². The Labute approximate surface area is 111 Å². The molecule has 1 aliphatic rings. The molecule has 0 radical (unpaired) electrons. The van der Waals surface area contributed by atoms with Crippen molar-refractivity contribution in [3.63, 3.8) is 0 Å². The number of imide groups is 1. The monoisotopic (exact) mass is 257 g/mol. The SMILES string of the molecule is NCC#Cc1cccc(NC2CCC(=O)NC2=O)c1. The minimum absolute atomic E-state index is 0.217. The Morgan fingerprint density at radius 1 is 1.42 bits per heavy atom. The Hall–Kier alpha value is -2.32.